The molecule has 2 unspecified atom stereocenters. The summed E-state index contributed by atoms with van der Waals surface area (Å²) in [5.41, 5.74) is 0.151. The second-order valence-electron chi connectivity index (χ2n) is 4.47. The zero-order valence-corrected chi connectivity index (χ0v) is 9.65. The van der Waals surface area contributed by atoms with E-state index in [0.29, 0.717) is 12.6 Å². The lowest BCUT2D eigenvalue weighted by Gasteiger charge is -2.47. The van der Waals surface area contributed by atoms with Gasteiger partial charge in [0.2, 0.25) is 0 Å². The number of nitrogens with zero attached hydrogens (tertiary/aromatic N) is 1. The Hall–Kier alpha value is -0.150. The summed E-state index contributed by atoms with van der Waals surface area (Å²) in [6.07, 6.45) is 2.21. The molecule has 1 aliphatic heterocycles. The van der Waals surface area contributed by atoms with Gasteiger partial charge in [-0.25, -0.2) is 4.39 Å². The fraction of sp³-hybridized carbons (Fsp3) is 1.00. The van der Waals surface area contributed by atoms with Gasteiger partial charge >= 0.3 is 0 Å². The van der Waals surface area contributed by atoms with Gasteiger partial charge in [-0.2, -0.15) is 0 Å². The van der Waals surface area contributed by atoms with Gasteiger partial charge in [0.15, 0.2) is 0 Å². The molecule has 1 fully saturated rings. The Morgan fingerprint density at radius 1 is 1.50 bits per heavy atom. The number of halogens is 1. The summed E-state index contributed by atoms with van der Waals surface area (Å²) in [6.45, 7) is 8.92. The first kappa shape index (κ1) is 11.9. The normalized spacial score (nSPS) is 34.7. The summed E-state index contributed by atoms with van der Waals surface area (Å²) < 4.78 is 12.4. The highest BCUT2D eigenvalue weighted by atomic mass is 19.1. The molecule has 0 radical (unpaired) electrons. The number of rotatable bonds is 4. The molecule has 3 heteroatoms. The maximum atomic E-state index is 12.4. The van der Waals surface area contributed by atoms with E-state index in [1.807, 2.05) is 0 Å². The van der Waals surface area contributed by atoms with E-state index in [9.17, 15) is 4.39 Å². The van der Waals surface area contributed by atoms with Crippen molar-refractivity contribution in [3.8, 4) is 0 Å². The summed E-state index contributed by atoms with van der Waals surface area (Å²) in [6, 6.07) is 0.543. The molecule has 0 aromatic heterocycles. The van der Waals surface area contributed by atoms with Gasteiger partial charge in [-0.05, 0) is 19.8 Å². The van der Waals surface area contributed by atoms with Crippen LogP contribution in [0.1, 0.15) is 33.6 Å². The predicted molar refractivity (Wildman–Crippen MR) is 58.3 cm³/mol. The molecular formula is C11H23FN2. The lowest BCUT2D eigenvalue weighted by Crippen LogP contribution is -2.63. The molecule has 14 heavy (non-hydrogen) atoms. The minimum atomic E-state index is -0.230. The van der Waals surface area contributed by atoms with Crippen LogP contribution in [0.5, 0.6) is 0 Å². The van der Waals surface area contributed by atoms with Crippen LogP contribution in [0, 0.1) is 0 Å². The zero-order valence-electron chi connectivity index (χ0n) is 9.65. The Morgan fingerprint density at radius 3 is 2.71 bits per heavy atom. The standard InChI is InChI=1S/C11H23FN2/c1-4-10-8-14(7-6-12)11(3,5-2)9-13-10/h10,13H,4-9H2,1-3H3. The van der Waals surface area contributed by atoms with Gasteiger partial charge in [-0.15, -0.1) is 0 Å². The summed E-state index contributed by atoms with van der Waals surface area (Å²) in [5.74, 6) is 0. The zero-order chi connectivity index (χ0) is 10.6. The molecule has 1 aliphatic rings. The number of piperazine rings is 1. The van der Waals surface area contributed by atoms with Crippen LogP contribution in [0.4, 0.5) is 4.39 Å². The monoisotopic (exact) mass is 202 g/mol. The van der Waals surface area contributed by atoms with Crippen molar-refractivity contribution in [2.24, 2.45) is 0 Å². The third kappa shape index (κ3) is 2.45. The lowest BCUT2D eigenvalue weighted by molar-refractivity contribution is 0.0430. The van der Waals surface area contributed by atoms with Crippen LogP contribution in [0.3, 0.4) is 0 Å². The third-order valence-electron chi connectivity index (χ3n) is 3.58. The van der Waals surface area contributed by atoms with E-state index >= 15 is 0 Å². The first-order valence-corrected chi connectivity index (χ1v) is 5.70. The molecular weight excluding hydrogens is 179 g/mol. The average Bonchev–Trinajstić information content (AvgIpc) is 2.22. The van der Waals surface area contributed by atoms with Crippen LogP contribution in [-0.2, 0) is 0 Å². The molecule has 0 bridgehead atoms. The van der Waals surface area contributed by atoms with Crippen LogP contribution in [0.25, 0.3) is 0 Å². The smallest absolute Gasteiger partial charge is 0.102 e. The summed E-state index contributed by atoms with van der Waals surface area (Å²) in [5, 5.41) is 3.53. The molecule has 1 rings (SSSR count). The minimum Gasteiger partial charge on any atom is -0.311 e. The Balaban J connectivity index is 2.60. The van der Waals surface area contributed by atoms with E-state index in [0.717, 1.165) is 25.9 Å². The first-order valence-electron chi connectivity index (χ1n) is 5.70. The van der Waals surface area contributed by atoms with Gasteiger partial charge in [0.1, 0.15) is 6.67 Å². The quantitative estimate of drug-likeness (QED) is 0.748. The van der Waals surface area contributed by atoms with Crippen molar-refractivity contribution in [3.05, 3.63) is 0 Å². The molecule has 2 nitrogen and oxygen atoms in total. The van der Waals surface area contributed by atoms with Crippen molar-refractivity contribution in [1.82, 2.24) is 10.2 Å². The van der Waals surface area contributed by atoms with Gasteiger partial charge in [0, 0.05) is 31.2 Å². The van der Waals surface area contributed by atoms with Crippen molar-refractivity contribution in [2.75, 3.05) is 26.3 Å². The van der Waals surface area contributed by atoms with E-state index in [1.165, 1.54) is 0 Å². The Morgan fingerprint density at radius 2 is 2.21 bits per heavy atom. The molecule has 1 heterocycles. The molecule has 1 saturated heterocycles. The fourth-order valence-electron chi connectivity index (χ4n) is 2.11. The molecule has 0 saturated carbocycles. The van der Waals surface area contributed by atoms with Gasteiger partial charge < -0.3 is 5.32 Å². The maximum absolute atomic E-state index is 12.4. The minimum absolute atomic E-state index is 0.151. The predicted octanol–water partition coefficient (Wildman–Crippen LogP) is 1.81. The summed E-state index contributed by atoms with van der Waals surface area (Å²) in [4.78, 5) is 2.30. The van der Waals surface area contributed by atoms with Crippen molar-refractivity contribution >= 4 is 0 Å². The van der Waals surface area contributed by atoms with E-state index in [1.54, 1.807) is 0 Å². The molecule has 2 atom stereocenters. The van der Waals surface area contributed by atoms with Gasteiger partial charge in [0.25, 0.3) is 0 Å². The highest BCUT2D eigenvalue weighted by molar-refractivity contribution is 4.94. The van der Waals surface area contributed by atoms with E-state index in [4.69, 9.17) is 0 Å². The van der Waals surface area contributed by atoms with E-state index in [-0.39, 0.29) is 12.2 Å². The molecule has 0 amide bonds. The summed E-state index contributed by atoms with van der Waals surface area (Å²) in [7, 11) is 0. The van der Waals surface area contributed by atoms with Gasteiger partial charge in [-0.3, -0.25) is 4.90 Å². The van der Waals surface area contributed by atoms with Crippen molar-refractivity contribution in [1.29, 1.82) is 0 Å². The fourth-order valence-corrected chi connectivity index (χ4v) is 2.11. The Kier molecular flexibility index (Phi) is 4.32. The first-order chi connectivity index (χ1) is 6.66. The van der Waals surface area contributed by atoms with E-state index < -0.39 is 0 Å². The van der Waals surface area contributed by atoms with Gasteiger partial charge in [0.05, 0.1) is 0 Å². The molecule has 0 aromatic carbocycles. The number of hydrogen-bond acceptors (Lipinski definition) is 2. The SMILES string of the molecule is CCC1CN(CCF)C(C)(CC)CN1. The van der Waals surface area contributed by atoms with Crippen LogP contribution in [0.15, 0.2) is 0 Å². The topological polar surface area (TPSA) is 15.3 Å². The van der Waals surface area contributed by atoms with Gasteiger partial charge in [-0.1, -0.05) is 13.8 Å². The number of nitrogens with one attached hydrogen (secondary N) is 1. The van der Waals surface area contributed by atoms with Crippen molar-refractivity contribution < 1.29 is 4.39 Å². The van der Waals surface area contributed by atoms with E-state index in [2.05, 4.69) is 31.0 Å². The summed E-state index contributed by atoms with van der Waals surface area (Å²) >= 11 is 0. The molecule has 0 spiro atoms. The van der Waals surface area contributed by atoms with Crippen LogP contribution < -0.4 is 5.32 Å². The maximum Gasteiger partial charge on any atom is 0.102 e. The van der Waals surface area contributed by atoms with Crippen LogP contribution in [-0.4, -0.2) is 42.8 Å². The Bertz CT molecular complexity index is 175. The highest BCUT2D eigenvalue weighted by Crippen LogP contribution is 2.23. The molecule has 84 valence electrons. The largest absolute Gasteiger partial charge is 0.311 e. The molecule has 0 aromatic rings. The highest BCUT2D eigenvalue weighted by Gasteiger charge is 2.35. The molecule has 0 aliphatic carbocycles. The van der Waals surface area contributed by atoms with Crippen molar-refractivity contribution in [3.63, 3.8) is 0 Å². The molecule has 1 N–H and O–H groups in total. The lowest BCUT2D eigenvalue weighted by atomic mass is 9.91. The van der Waals surface area contributed by atoms with Crippen LogP contribution >= 0.6 is 0 Å². The second kappa shape index (κ2) is 5.08. The number of alkyl halides is 1. The Labute approximate surface area is 86.9 Å². The number of hydrogen-bond donors (Lipinski definition) is 1. The second-order valence-corrected chi connectivity index (χ2v) is 4.47. The average molecular weight is 202 g/mol. The van der Waals surface area contributed by atoms with Crippen LogP contribution in [0.2, 0.25) is 0 Å². The van der Waals surface area contributed by atoms with Crippen molar-refractivity contribution in [2.45, 2.75) is 45.2 Å². The third-order valence-corrected chi connectivity index (χ3v) is 3.58.